The van der Waals surface area contributed by atoms with Gasteiger partial charge in [-0.3, -0.25) is 0 Å². The Labute approximate surface area is 132 Å². The third-order valence-electron chi connectivity index (χ3n) is 3.03. The van der Waals surface area contributed by atoms with E-state index >= 15 is 0 Å². The molecule has 0 saturated heterocycles. The quantitative estimate of drug-likeness (QED) is 0.592. The molecular formula is C14H12O10. The lowest BCUT2D eigenvalue weighted by Gasteiger charge is -2.08. The van der Waals surface area contributed by atoms with E-state index in [9.17, 15) is 19.2 Å². The van der Waals surface area contributed by atoms with Crippen LogP contribution in [0, 0.1) is 0 Å². The maximum Gasteiger partial charge on any atom is 0.336 e. The normalized spacial score (nSPS) is 9.50. The van der Waals surface area contributed by atoms with Gasteiger partial charge < -0.3 is 31.4 Å². The summed E-state index contributed by atoms with van der Waals surface area (Å²) in [6.07, 6.45) is 0. The first-order chi connectivity index (χ1) is 10.2. The average Bonchev–Trinajstić information content (AvgIpc) is 2.43. The summed E-state index contributed by atoms with van der Waals surface area (Å²) in [5.74, 6) is -5.95. The van der Waals surface area contributed by atoms with Gasteiger partial charge in [-0.05, 0) is 35.0 Å². The van der Waals surface area contributed by atoms with Gasteiger partial charge in [0.25, 0.3) is 0 Å². The number of carboxylic acid groups (broad SMARTS) is 4. The molecule has 8 N–H and O–H groups in total. The zero-order chi connectivity index (χ0) is 16.6. The van der Waals surface area contributed by atoms with Gasteiger partial charge in [0, 0.05) is 0 Å². The number of carboxylic acids is 4. The van der Waals surface area contributed by atoms with Crippen LogP contribution in [0.3, 0.4) is 0 Å². The number of carbonyl (C=O) groups is 4. The number of aromatic carboxylic acids is 4. The van der Waals surface area contributed by atoms with E-state index in [1.54, 1.807) is 0 Å². The topological polar surface area (TPSA) is 212 Å². The molecule has 0 aliphatic rings. The molecule has 10 heteroatoms. The van der Waals surface area contributed by atoms with Gasteiger partial charge in [0.05, 0.1) is 22.3 Å². The summed E-state index contributed by atoms with van der Waals surface area (Å²) in [5, 5.41) is 36.3. The van der Waals surface area contributed by atoms with Gasteiger partial charge in [-0.25, -0.2) is 19.2 Å². The van der Waals surface area contributed by atoms with Gasteiger partial charge in [0.15, 0.2) is 0 Å². The molecular weight excluding hydrogens is 328 g/mol. The molecule has 128 valence electrons. The molecule has 0 unspecified atom stereocenters. The van der Waals surface area contributed by atoms with Crippen LogP contribution < -0.4 is 0 Å². The Hall–Kier alpha value is -3.50. The summed E-state index contributed by atoms with van der Waals surface area (Å²) < 4.78 is 0. The third-order valence-corrected chi connectivity index (χ3v) is 3.03. The van der Waals surface area contributed by atoms with Crippen LogP contribution in [0.1, 0.15) is 41.4 Å². The van der Waals surface area contributed by atoms with Crippen LogP contribution in [-0.2, 0) is 0 Å². The number of hydrogen-bond acceptors (Lipinski definition) is 4. The van der Waals surface area contributed by atoms with Crippen LogP contribution in [0.25, 0.3) is 10.8 Å². The fraction of sp³-hybridized carbons (Fsp3) is 0. The summed E-state index contributed by atoms with van der Waals surface area (Å²) >= 11 is 0. The van der Waals surface area contributed by atoms with Gasteiger partial charge in [-0.1, -0.05) is 0 Å². The Bertz CT molecular complexity index is 715. The Kier molecular flexibility index (Phi) is 6.13. The Morgan fingerprint density at radius 1 is 0.500 bits per heavy atom. The van der Waals surface area contributed by atoms with Gasteiger partial charge >= 0.3 is 23.9 Å². The van der Waals surface area contributed by atoms with Crippen LogP contribution >= 0.6 is 0 Å². The number of fused-ring (bicyclic) bond motifs is 1. The maximum atomic E-state index is 11.1. The molecule has 2 aromatic carbocycles. The molecule has 0 aliphatic carbocycles. The highest BCUT2D eigenvalue weighted by Gasteiger charge is 2.21. The summed E-state index contributed by atoms with van der Waals surface area (Å²) in [7, 11) is 0. The summed E-state index contributed by atoms with van der Waals surface area (Å²) in [4.78, 5) is 44.4. The van der Waals surface area contributed by atoms with Crippen molar-refractivity contribution >= 4 is 34.6 Å². The second kappa shape index (κ2) is 7.17. The van der Waals surface area contributed by atoms with E-state index < -0.39 is 46.1 Å². The first kappa shape index (κ1) is 20.5. The summed E-state index contributed by atoms with van der Waals surface area (Å²) in [6.45, 7) is 0. The Morgan fingerprint density at radius 3 is 0.792 bits per heavy atom. The smallest absolute Gasteiger partial charge is 0.336 e. The largest absolute Gasteiger partial charge is 0.478 e. The molecule has 10 nitrogen and oxygen atoms in total. The fourth-order valence-electron chi connectivity index (χ4n) is 2.06. The molecule has 0 fully saturated rings. The highest BCUT2D eigenvalue weighted by Crippen LogP contribution is 2.25. The second-order valence-electron chi connectivity index (χ2n) is 4.36. The lowest BCUT2D eigenvalue weighted by atomic mass is 9.96. The van der Waals surface area contributed by atoms with Crippen molar-refractivity contribution in [3.63, 3.8) is 0 Å². The molecule has 0 saturated carbocycles. The van der Waals surface area contributed by atoms with Crippen molar-refractivity contribution in [2.75, 3.05) is 0 Å². The molecule has 0 heterocycles. The number of hydrogen-bond donors (Lipinski definition) is 4. The minimum Gasteiger partial charge on any atom is -0.478 e. The Balaban J connectivity index is 0.00000264. The lowest BCUT2D eigenvalue weighted by Crippen LogP contribution is -2.10. The Morgan fingerprint density at radius 2 is 0.667 bits per heavy atom. The van der Waals surface area contributed by atoms with Crippen molar-refractivity contribution in [1.29, 1.82) is 0 Å². The predicted octanol–water partition coefficient (Wildman–Crippen LogP) is -0.0168. The molecule has 2 aromatic rings. The average molecular weight is 340 g/mol. The van der Waals surface area contributed by atoms with Crippen molar-refractivity contribution in [2.45, 2.75) is 0 Å². The monoisotopic (exact) mass is 340 g/mol. The molecule has 0 spiro atoms. The first-order valence-electron chi connectivity index (χ1n) is 5.77. The minimum atomic E-state index is -1.49. The van der Waals surface area contributed by atoms with Crippen LogP contribution in [0.2, 0.25) is 0 Å². The zero-order valence-corrected chi connectivity index (χ0v) is 11.7. The molecule has 2 rings (SSSR count). The van der Waals surface area contributed by atoms with Crippen LogP contribution in [0.4, 0.5) is 0 Å². The van der Waals surface area contributed by atoms with Crippen molar-refractivity contribution in [3.8, 4) is 0 Å². The van der Waals surface area contributed by atoms with E-state index in [0.29, 0.717) is 0 Å². The van der Waals surface area contributed by atoms with Crippen molar-refractivity contribution < 1.29 is 50.6 Å². The van der Waals surface area contributed by atoms with E-state index in [-0.39, 0.29) is 21.7 Å². The van der Waals surface area contributed by atoms with E-state index in [4.69, 9.17) is 20.4 Å². The fourth-order valence-corrected chi connectivity index (χ4v) is 2.06. The van der Waals surface area contributed by atoms with E-state index in [1.807, 2.05) is 0 Å². The van der Waals surface area contributed by atoms with E-state index in [0.717, 1.165) is 24.3 Å². The zero-order valence-electron chi connectivity index (χ0n) is 11.7. The first-order valence-corrected chi connectivity index (χ1v) is 5.77. The van der Waals surface area contributed by atoms with Gasteiger partial charge in [0.2, 0.25) is 0 Å². The number of rotatable bonds is 4. The molecule has 0 amide bonds. The summed E-state index contributed by atoms with van der Waals surface area (Å²) in [6, 6.07) is 4.00. The second-order valence-corrected chi connectivity index (χ2v) is 4.36. The van der Waals surface area contributed by atoms with E-state index in [2.05, 4.69) is 0 Å². The van der Waals surface area contributed by atoms with Gasteiger partial charge in [-0.15, -0.1) is 0 Å². The predicted molar refractivity (Wildman–Crippen MR) is 79.0 cm³/mol. The molecule has 0 aliphatic heterocycles. The van der Waals surface area contributed by atoms with Gasteiger partial charge in [-0.2, -0.15) is 0 Å². The van der Waals surface area contributed by atoms with Crippen molar-refractivity contribution in [2.24, 2.45) is 0 Å². The standard InChI is InChI=1S/C14H8O8.2H2O/c15-11(16)7-1-5-2-9(13(19)20)10(14(21)22)4-6(5)3-8(7)12(17)18;;/h1-4H,(H,15,16)(H,17,18)(H,19,20)(H,21,22);2*1H2. The minimum absolute atomic E-state index is 0. The van der Waals surface area contributed by atoms with Crippen molar-refractivity contribution in [3.05, 3.63) is 46.5 Å². The van der Waals surface area contributed by atoms with Crippen molar-refractivity contribution in [1.82, 2.24) is 0 Å². The molecule has 0 bridgehead atoms. The molecule has 24 heavy (non-hydrogen) atoms. The van der Waals surface area contributed by atoms with Gasteiger partial charge in [0.1, 0.15) is 0 Å². The van der Waals surface area contributed by atoms with Crippen LogP contribution in [0.5, 0.6) is 0 Å². The SMILES string of the molecule is O.O.O=C(O)c1cc2cc(C(=O)O)c(C(=O)O)cc2cc1C(=O)O. The maximum absolute atomic E-state index is 11.1. The summed E-state index contributed by atoms with van der Waals surface area (Å²) in [5.41, 5.74) is -2.06. The van der Waals surface area contributed by atoms with Crippen LogP contribution in [-0.4, -0.2) is 55.3 Å². The molecule has 0 radical (unpaired) electrons. The molecule has 0 aromatic heterocycles. The molecule has 0 atom stereocenters. The number of benzene rings is 2. The third kappa shape index (κ3) is 3.45. The lowest BCUT2D eigenvalue weighted by molar-refractivity contribution is 0.0651. The highest BCUT2D eigenvalue weighted by molar-refractivity contribution is 6.10. The van der Waals surface area contributed by atoms with E-state index in [1.165, 1.54) is 0 Å². The highest BCUT2D eigenvalue weighted by atomic mass is 16.4. The van der Waals surface area contributed by atoms with Crippen LogP contribution in [0.15, 0.2) is 24.3 Å².